The van der Waals surface area contributed by atoms with Crippen molar-refractivity contribution in [3.8, 4) is 0 Å². The maximum Gasteiger partial charge on any atom is 0.171 e. The van der Waals surface area contributed by atoms with Crippen LogP contribution >= 0.6 is 0 Å². The molecule has 4 saturated carbocycles. The number of Topliss-reactive ketones (excluding diaryl/α,β-unsaturated/α-hetero) is 1. The molecule has 2 saturated heterocycles. The van der Waals surface area contributed by atoms with E-state index in [4.69, 9.17) is 9.47 Å². The van der Waals surface area contributed by atoms with E-state index in [9.17, 15) is 15.0 Å². The Kier molecular flexibility index (Phi) is 4.68. The summed E-state index contributed by atoms with van der Waals surface area (Å²) < 4.78 is 13.2. The molecule has 6 aliphatic rings. The van der Waals surface area contributed by atoms with Gasteiger partial charge in [-0.05, 0) is 73.5 Å². The van der Waals surface area contributed by atoms with E-state index < -0.39 is 22.9 Å². The summed E-state index contributed by atoms with van der Waals surface area (Å²) in [5.41, 5.74) is -1.60. The lowest BCUT2D eigenvalue weighted by molar-refractivity contribution is -0.273. The predicted molar refractivity (Wildman–Crippen MR) is 120 cm³/mol. The van der Waals surface area contributed by atoms with Gasteiger partial charge >= 0.3 is 0 Å². The molecule has 12 atom stereocenters. The lowest BCUT2D eigenvalue weighted by Gasteiger charge is -2.63. The number of fused-ring (bicyclic) bond motifs is 7. The Bertz CT molecular complexity index is 804. The number of rotatable bonds is 0. The minimum absolute atomic E-state index is 0.0173. The third-order valence-corrected chi connectivity index (χ3v) is 11.9. The van der Waals surface area contributed by atoms with Crippen molar-refractivity contribution in [3.63, 3.8) is 0 Å². The second-order valence-electron chi connectivity index (χ2n) is 13.2. The molecular weight excluding hydrogens is 404 g/mol. The highest BCUT2D eigenvalue weighted by molar-refractivity contribution is 5.89. The molecule has 2 N–H and O–H groups in total. The van der Waals surface area contributed by atoms with E-state index in [1.54, 1.807) is 0 Å². The number of ether oxygens (including phenoxy) is 2. The molecule has 0 aromatic carbocycles. The van der Waals surface area contributed by atoms with Crippen molar-refractivity contribution in [3.05, 3.63) is 0 Å². The number of hydrogen-bond acceptors (Lipinski definition) is 5. The smallest absolute Gasteiger partial charge is 0.171 e. The summed E-state index contributed by atoms with van der Waals surface area (Å²) in [6, 6.07) is 0. The maximum absolute atomic E-state index is 13.4. The SMILES string of the molecule is C[C@@H]1CC[C@@]2(OC1)O[C@H]1C[C@H]3[C@@H]4CC(=O)[C@]5(O)C[C@@H](O)CC[C@]5(C)[C@H]4CC[C@]3(C)[C@H]1[C@@H]2C. The Hall–Kier alpha value is -0.490. The molecule has 2 heterocycles. The van der Waals surface area contributed by atoms with Gasteiger partial charge in [0.1, 0.15) is 5.60 Å². The highest BCUT2D eigenvalue weighted by atomic mass is 16.7. The third-order valence-electron chi connectivity index (χ3n) is 11.9. The van der Waals surface area contributed by atoms with Crippen LogP contribution in [0.25, 0.3) is 0 Å². The molecule has 180 valence electrons. The number of aliphatic hydroxyl groups is 2. The maximum atomic E-state index is 13.4. The average molecular weight is 447 g/mol. The average Bonchev–Trinajstić information content (AvgIpc) is 3.18. The molecule has 0 amide bonds. The summed E-state index contributed by atoms with van der Waals surface area (Å²) in [6.07, 6.45) is 7.21. The van der Waals surface area contributed by atoms with E-state index in [0.29, 0.717) is 48.3 Å². The van der Waals surface area contributed by atoms with E-state index in [-0.39, 0.29) is 23.7 Å². The highest BCUT2D eigenvalue weighted by Crippen LogP contribution is 2.71. The third kappa shape index (κ3) is 2.58. The van der Waals surface area contributed by atoms with Crippen LogP contribution in [0.3, 0.4) is 0 Å². The minimum atomic E-state index is -1.35. The molecule has 4 aliphatic carbocycles. The Labute approximate surface area is 192 Å². The molecule has 5 nitrogen and oxygen atoms in total. The summed E-state index contributed by atoms with van der Waals surface area (Å²) in [4.78, 5) is 13.4. The molecular formula is C27H42O5. The van der Waals surface area contributed by atoms with Gasteiger partial charge in [0, 0.05) is 30.6 Å². The van der Waals surface area contributed by atoms with Gasteiger partial charge in [0.05, 0.1) is 18.8 Å². The van der Waals surface area contributed by atoms with Crippen LogP contribution in [0.4, 0.5) is 0 Å². The van der Waals surface area contributed by atoms with Gasteiger partial charge in [-0.25, -0.2) is 0 Å². The van der Waals surface area contributed by atoms with E-state index in [1.165, 1.54) is 6.42 Å². The first kappa shape index (κ1) is 22.0. The van der Waals surface area contributed by atoms with Crippen molar-refractivity contribution in [1.29, 1.82) is 0 Å². The number of carbonyl (C=O) groups excluding carboxylic acids is 1. The zero-order valence-corrected chi connectivity index (χ0v) is 20.3. The van der Waals surface area contributed by atoms with Crippen LogP contribution in [0.15, 0.2) is 0 Å². The Morgan fingerprint density at radius 3 is 2.53 bits per heavy atom. The van der Waals surface area contributed by atoms with Gasteiger partial charge in [0.2, 0.25) is 0 Å². The van der Waals surface area contributed by atoms with Crippen LogP contribution in [0.5, 0.6) is 0 Å². The van der Waals surface area contributed by atoms with Gasteiger partial charge in [-0.15, -0.1) is 0 Å². The van der Waals surface area contributed by atoms with Crippen LogP contribution in [0, 0.1) is 46.3 Å². The Morgan fingerprint density at radius 1 is 1.03 bits per heavy atom. The Morgan fingerprint density at radius 2 is 1.81 bits per heavy atom. The van der Waals surface area contributed by atoms with Crippen LogP contribution < -0.4 is 0 Å². The molecule has 0 unspecified atom stereocenters. The molecule has 0 radical (unpaired) electrons. The quantitative estimate of drug-likeness (QED) is 0.586. The summed E-state index contributed by atoms with van der Waals surface area (Å²) in [6.45, 7) is 10.0. The fourth-order valence-corrected chi connectivity index (χ4v) is 10.0. The number of carbonyl (C=O) groups is 1. The predicted octanol–water partition coefficient (Wildman–Crippen LogP) is 4.09. The number of aliphatic hydroxyl groups excluding tert-OH is 1. The fourth-order valence-electron chi connectivity index (χ4n) is 10.0. The van der Waals surface area contributed by atoms with Crippen molar-refractivity contribution in [2.45, 2.75) is 109 Å². The van der Waals surface area contributed by atoms with Crippen molar-refractivity contribution in [2.24, 2.45) is 46.3 Å². The summed E-state index contributed by atoms with van der Waals surface area (Å²) in [5.74, 6) is 2.20. The molecule has 6 rings (SSSR count). The lowest BCUT2D eigenvalue weighted by Crippen LogP contribution is -2.67. The lowest BCUT2D eigenvalue weighted by atomic mass is 9.42. The van der Waals surface area contributed by atoms with E-state index in [2.05, 4.69) is 27.7 Å². The zero-order chi connectivity index (χ0) is 22.7. The van der Waals surface area contributed by atoms with Gasteiger partial charge in [0.15, 0.2) is 11.6 Å². The topological polar surface area (TPSA) is 76.0 Å². The van der Waals surface area contributed by atoms with Crippen LogP contribution in [0.2, 0.25) is 0 Å². The first-order valence-electron chi connectivity index (χ1n) is 13.3. The van der Waals surface area contributed by atoms with Gasteiger partial charge in [-0.1, -0.05) is 27.7 Å². The van der Waals surface area contributed by atoms with Gasteiger partial charge in [-0.2, -0.15) is 0 Å². The standard InChI is InChI=1S/C27H42O5/c1-15-5-10-27(31-14-15)16(2)23-21(32-27)12-20-18-11-22(29)26(30)13-17(28)6-9-25(26,4)19(18)7-8-24(20,23)3/h15-21,23,28,30H,5-14H2,1-4H3/t15-,16+,17+,18-,19+,20+,21+,23+,24+,25-,26-,27-/m1/s1. The highest BCUT2D eigenvalue weighted by Gasteiger charge is 2.72. The fraction of sp³-hybridized carbons (Fsp3) is 0.963. The molecule has 5 heteroatoms. The molecule has 0 aromatic rings. The molecule has 0 aromatic heterocycles. The van der Waals surface area contributed by atoms with Crippen LogP contribution in [-0.2, 0) is 14.3 Å². The van der Waals surface area contributed by atoms with Crippen molar-refractivity contribution >= 4 is 5.78 Å². The van der Waals surface area contributed by atoms with Crippen molar-refractivity contribution in [1.82, 2.24) is 0 Å². The summed E-state index contributed by atoms with van der Waals surface area (Å²) >= 11 is 0. The normalized spacial score (nSPS) is 61.8. The largest absolute Gasteiger partial charge is 0.393 e. The number of hydrogen-bond donors (Lipinski definition) is 2. The van der Waals surface area contributed by atoms with Crippen molar-refractivity contribution in [2.75, 3.05) is 6.61 Å². The van der Waals surface area contributed by atoms with E-state index in [1.807, 2.05) is 0 Å². The van der Waals surface area contributed by atoms with Gasteiger partial charge in [-0.3, -0.25) is 4.79 Å². The zero-order valence-electron chi connectivity index (χ0n) is 20.3. The van der Waals surface area contributed by atoms with Crippen LogP contribution in [0.1, 0.15) is 85.5 Å². The van der Waals surface area contributed by atoms with Gasteiger partial charge in [0.25, 0.3) is 0 Å². The van der Waals surface area contributed by atoms with Gasteiger partial charge < -0.3 is 19.7 Å². The van der Waals surface area contributed by atoms with Crippen molar-refractivity contribution < 1.29 is 24.5 Å². The molecule has 32 heavy (non-hydrogen) atoms. The van der Waals surface area contributed by atoms with E-state index >= 15 is 0 Å². The monoisotopic (exact) mass is 446 g/mol. The molecule has 6 fully saturated rings. The Balaban J connectivity index is 1.30. The molecule has 1 spiro atoms. The molecule has 0 bridgehead atoms. The second-order valence-corrected chi connectivity index (χ2v) is 13.2. The van der Waals surface area contributed by atoms with E-state index in [0.717, 1.165) is 38.7 Å². The summed E-state index contributed by atoms with van der Waals surface area (Å²) in [5, 5.41) is 21.8. The second kappa shape index (κ2) is 6.80. The van der Waals surface area contributed by atoms with Crippen LogP contribution in [-0.4, -0.2) is 46.2 Å². The minimum Gasteiger partial charge on any atom is -0.393 e. The first-order chi connectivity index (χ1) is 15.0. The molecule has 2 aliphatic heterocycles. The summed E-state index contributed by atoms with van der Waals surface area (Å²) in [7, 11) is 0. The first-order valence-corrected chi connectivity index (χ1v) is 13.3. The number of ketones is 1.